The molecule has 0 amide bonds. The number of likely N-dealkylation sites (N-methyl/N-ethyl adjacent to an activating group) is 1. The van der Waals surface area contributed by atoms with E-state index in [0.29, 0.717) is 61.3 Å². The number of anilines is 1. The molecule has 2 bridgehead atoms. The lowest BCUT2D eigenvalue weighted by molar-refractivity contribution is -0.125. The molecule has 5 rings (SSSR count). The van der Waals surface area contributed by atoms with Crippen LogP contribution < -0.4 is 25.4 Å². The third-order valence-electron chi connectivity index (χ3n) is 12.0. The van der Waals surface area contributed by atoms with Crippen LogP contribution in [0, 0.1) is 23.2 Å². The van der Waals surface area contributed by atoms with Gasteiger partial charge in [-0.3, -0.25) is 9.79 Å². The average molecular weight is 813 g/mol. The number of ketones is 1. The summed E-state index contributed by atoms with van der Waals surface area (Å²) in [5.74, 6) is 3.50. The molecule has 2 aromatic rings. The van der Waals surface area contributed by atoms with Crippen molar-refractivity contribution in [3.05, 3.63) is 53.6 Å². The van der Waals surface area contributed by atoms with Gasteiger partial charge in [0.15, 0.2) is 41.0 Å². The van der Waals surface area contributed by atoms with Gasteiger partial charge in [0.1, 0.15) is 5.60 Å². The molecular formula is C43H64N4O7S2. The minimum Gasteiger partial charge on any atom is -0.504 e. The first-order valence-electron chi connectivity index (χ1n) is 20.3. The lowest BCUT2D eigenvalue weighted by atomic mass is 9.70. The zero-order valence-electron chi connectivity index (χ0n) is 33.9. The normalized spacial score (nSPS) is 27.3. The van der Waals surface area contributed by atoms with E-state index >= 15 is 0 Å². The maximum absolute atomic E-state index is 14.7. The minimum absolute atomic E-state index is 0.0152. The zero-order chi connectivity index (χ0) is 40.1. The highest BCUT2D eigenvalue weighted by atomic mass is 33.1. The predicted molar refractivity (Wildman–Crippen MR) is 229 cm³/mol. The van der Waals surface area contributed by atoms with Gasteiger partial charge in [0.05, 0.1) is 18.7 Å². The second kappa shape index (κ2) is 21.1. The number of hydrogen-bond donors (Lipinski definition) is 6. The van der Waals surface area contributed by atoms with Gasteiger partial charge in [-0.15, -0.1) is 0 Å². The van der Waals surface area contributed by atoms with E-state index in [1.165, 1.54) is 7.11 Å². The first-order chi connectivity index (χ1) is 27.1. The summed E-state index contributed by atoms with van der Waals surface area (Å²) in [5.41, 5.74) is 1.32. The molecule has 1 aliphatic heterocycles. The molecule has 1 heterocycles. The molecule has 2 saturated carbocycles. The standard InChI is InChI=1S/C43H64N4O7S2/c1-6-7-8-10-29-13-15-38(49)43(25-30-12-14-35(48)36(21-30)52-4)17-9-11-33(43)26-55-56-28-46-41(45-3)47-34-20-32(19-29)22-37(40(34)51)54-42(27-44-2)18-16-31(24-42)23-39(50)53-5/h12-15,20-22,29,31,33,39,44,48,50-51H,6-11,16-19,23-28H2,1-5H3,(H2,45,46,47)/t29-,31-,33-,39-,42+,43-/m1/s1. The second-order valence-corrected chi connectivity index (χ2v) is 18.4. The summed E-state index contributed by atoms with van der Waals surface area (Å²) < 4.78 is 17.5. The maximum atomic E-state index is 14.7. The Labute approximate surface area is 341 Å². The summed E-state index contributed by atoms with van der Waals surface area (Å²) in [7, 11) is 10.1. The number of guanidine groups is 1. The van der Waals surface area contributed by atoms with Crippen molar-refractivity contribution in [2.24, 2.45) is 28.2 Å². The van der Waals surface area contributed by atoms with Crippen LogP contribution in [0.15, 0.2) is 47.5 Å². The third-order valence-corrected chi connectivity index (χ3v) is 14.2. The van der Waals surface area contributed by atoms with Crippen LogP contribution in [0.1, 0.15) is 88.7 Å². The SMILES string of the molecule is CCCCC[C@@H]1C=CC(=O)[C@@]2(Cc3ccc(O)c(OC)c3)CCC[C@@H]2CSSCNC(=NC)Nc2cc(cc(O[C@@]3(CNC)CC[C@H](C[C@H](O)OC)C3)c2O)C1. The van der Waals surface area contributed by atoms with Gasteiger partial charge in [-0.2, -0.15) is 0 Å². The topological polar surface area (TPSA) is 154 Å². The number of benzene rings is 2. The third kappa shape index (κ3) is 11.3. The molecule has 3 aliphatic rings. The van der Waals surface area contributed by atoms with Crippen molar-refractivity contribution in [1.29, 1.82) is 0 Å². The summed E-state index contributed by atoms with van der Waals surface area (Å²) in [4.78, 5) is 19.2. The summed E-state index contributed by atoms with van der Waals surface area (Å²) in [6, 6.07) is 9.38. The zero-order valence-corrected chi connectivity index (χ0v) is 35.5. The Bertz CT molecular complexity index is 1660. The van der Waals surface area contributed by atoms with Crippen molar-refractivity contribution in [2.75, 3.05) is 51.8 Å². The Kier molecular flexibility index (Phi) is 16.6. The van der Waals surface area contributed by atoms with Gasteiger partial charge >= 0.3 is 0 Å². The molecule has 2 aliphatic carbocycles. The van der Waals surface area contributed by atoms with Gasteiger partial charge in [0.25, 0.3) is 0 Å². The number of nitrogens with zero attached hydrogens (tertiary/aromatic N) is 1. The molecule has 0 saturated heterocycles. The molecule has 13 heteroatoms. The molecule has 0 spiro atoms. The highest BCUT2D eigenvalue weighted by Gasteiger charge is 2.47. The van der Waals surface area contributed by atoms with E-state index in [9.17, 15) is 20.1 Å². The van der Waals surface area contributed by atoms with Gasteiger partial charge in [0.2, 0.25) is 0 Å². The van der Waals surface area contributed by atoms with Crippen LogP contribution in [0.25, 0.3) is 0 Å². The van der Waals surface area contributed by atoms with Crippen molar-refractivity contribution >= 4 is 39.0 Å². The highest BCUT2D eigenvalue weighted by molar-refractivity contribution is 8.76. The molecule has 11 nitrogen and oxygen atoms in total. The van der Waals surface area contributed by atoms with E-state index in [1.807, 2.05) is 37.4 Å². The number of fused-ring (bicyclic) bond motifs is 3. The van der Waals surface area contributed by atoms with Crippen LogP contribution in [0.3, 0.4) is 0 Å². The molecule has 310 valence electrons. The van der Waals surface area contributed by atoms with Crippen molar-refractivity contribution < 1.29 is 34.3 Å². The first kappa shape index (κ1) is 44.0. The van der Waals surface area contributed by atoms with Gasteiger partial charge in [-0.25, -0.2) is 0 Å². The molecule has 0 aromatic heterocycles. The quantitative estimate of drug-likeness (QED) is 0.0477. The molecule has 0 unspecified atom stereocenters. The Morgan fingerprint density at radius 2 is 1.93 bits per heavy atom. The van der Waals surface area contributed by atoms with Crippen molar-refractivity contribution in [2.45, 2.75) is 102 Å². The number of aliphatic hydroxyl groups excluding tert-OH is 1. The van der Waals surface area contributed by atoms with Gasteiger partial charge in [-0.05, 0) is 118 Å². The largest absolute Gasteiger partial charge is 0.504 e. The van der Waals surface area contributed by atoms with E-state index in [-0.39, 0.29) is 35.0 Å². The maximum Gasteiger partial charge on any atom is 0.196 e. The molecule has 2 fully saturated rings. The van der Waals surface area contributed by atoms with Crippen LogP contribution in [-0.4, -0.2) is 85.4 Å². The number of nitrogens with one attached hydrogen (secondary N) is 3. The van der Waals surface area contributed by atoms with Crippen LogP contribution >= 0.6 is 21.6 Å². The Hall–Kier alpha value is -3.10. The lowest BCUT2D eigenvalue weighted by Crippen LogP contribution is -2.43. The molecule has 6 atom stereocenters. The minimum atomic E-state index is -0.825. The number of unbranched alkanes of at least 4 members (excludes halogenated alkanes) is 2. The second-order valence-electron chi connectivity index (χ2n) is 15.9. The van der Waals surface area contributed by atoms with E-state index in [2.05, 4.69) is 33.9 Å². The van der Waals surface area contributed by atoms with Gasteiger partial charge in [0, 0.05) is 38.3 Å². The highest BCUT2D eigenvalue weighted by Crippen LogP contribution is 2.50. The van der Waals surface area contributed by atoms with Gasteiger partial charge in [-0.1, -0.05) is 66.3 Å². The Balaban J connectivity index is 1.52. The molecular weight excluding hydrogens is 749 g/mol. The number of rotatable bonds is 14. The van der Waals surface area contributed by atoms with Crippen LogP contribution in [-0.2, 0) is 22.4 Å². The fraction of sp³-hybridized carbons (Fsp3) is 0.628. The molecule has 0 radical (unpaired) electrons. The van der Waals surface area contributed by atoms with Gasteiger partial charge < -0.3 is 45.5 Å². The summed E-state index contributed by atoms with van der Waals surface area (Å²) >= 11 is 0. The first-order valence-corrected chi connectivity index (χ1v) is 22.8. The number of ether oxygens (including phenoxy) is 3. The smallest absolute Gasteiger partial charge is 0.196 e. The predicted octanol–water partition coefficient (Wildman–Crippen LogP) is 7.83. The summed E-state index contributed by atoms with van der Waals surface area (Å²) in [6.45, 7) is 2.79. The van der Waals surface area contributed by atoms with E-state index < -0.39 is 17.3 Å². The number of carbonyl (C=O) groups excluding carboxylic acids is 1. The Morgan fingerprint density at radius 3 is 2.68 bits per heavy atom. The number of allylic oxidation sites excluding steroid dienone is 2. The van der Waals surface area contributed by atoms with E-state index in [0.717, 1.165) is 74.7 Å². The number of aliphatic imine (C=N–C) groups is 1. The number of aromatic hydroxyl groups is 2. The van der Waals surface area contributed by atoms with Crippen molar-refractivity contribution in [1.82, 2.24) is 10.6 Å². The number of phenolic OH excluding ortho intramolecular Hbond substituents is 2. The molecule has 2 aromatic carbocycles. The lowest BCUT2D eigenvalue weighted by Gasteiger charge is -2.34. The fourth-order valence-electron chi connectivity index (χ4n) is 9.00. The van der Waals surface area contributed by atoms with Crippen LogP contribution in [0.2, 0.25) is 0 Å². The number of methoxy groups -OCH3 is 2. The summed E-state index contributed by atoms with van der Waals surface area (Å²) in [5, 5.41) is 42.4. The number of aliphatic hydroxyl groups is 1. The number of carbonyl (C=O) groups is 1. The number of hydrogen-bond acceptors (Lipinski definition) is 11. The van der Waals surface area contributed by atoms with Crippen LogP contribution in [0.4, 0.5) is 5.69 Å². The molecule has 56 heavy (non-hydrogen) atoms. The Morgan fingerprint density at radius 1 is 1.09 bits per heavy atom. The van der Waals surface area contributed by atoms with E-state index in [4.69, 9.17) is 14.2 Å². The fourth-order valence-corrected chi connectivity index (χ4v) is 11.2. The number of phenols is 2. The van der Waals surface area contributed by atoms with E-state index in [1.54, 1.807) is 41.8 Å². The summed E-state index contributed by atoms with van der Waals surface area (Å²) in [6.07, 6.45) is 14.2. The average Bonchev–Trinajstić information content (AvgIpc) is 3.78. The van der Waals surface area contributed by atoms with Crippen molar-refractivity contribution in [3.63, 3.8) is 0 Å². The van der Waals surface area contributed by atoms with Crippen molar-refractivity contribution in [3.8, 4) is 23.0 Å². The van der Waals surface area contributed by atoms with Crippen LogP contribution in [0.5, 0.6) is 23.0 Å². The monoisotopic (exact) mass is 812 g/mol. The molecule has 6 N–H and O–H groups in total.